The molecule has 0 atom stereocenters. The summed E-state index contributed by atoms with van der Waals surface area (Å²) in [5.41, 5.74) is 0.178. The van der Waals surface area contributed by atoms with E-state index in [4.69, 9.17) is 0 Å². The summed E-state index contributed by atoms with van der Waals surface area (Å²) in [5, 5.41) is 10.4. The van der Waals surface area contributed by atoms with Crippen LogP contribution in [0.2, 0.25) is 0 Å². The number of rotatable bonds is 1. The van der Waals surface area contributed by atoms with Crippen molar-refractivity contribution in [2.45, 2.75) is 0 Å². The molecule has 0 spiro atoms. The summed E-state index contributed by atoms with van der Waals surface area (Å²) in [6, 6.07) is 5.03. The van der Waals surface area contributed by atoms with Crippen LogP contribution in [0.4, 0.5) is 5.69 Å². The van der Waals surface area contributed by atoms with E-state index < -0.39 is 0 Å². The first-order valence-corrected chi connectivity index (χ1v) is 4.87. The van der Waals surface area contributed by atoms with Gasteiger partial charge in [0.15, 0.2) is 0 Å². The Balaban J connectivity index is 3.27. The standard InChI is InChI=1S/C6H3I2NO2/c7-4-2-1-3-5(6(4)8)9(10)11/h1-3H. The first-order valence-electron chi connectivity index (χ1n) is 2.71. The van der Waals surface area contributed by atoms with E-state index in [9.17, 15) is 10.1 Å². The Labute approximate surface area is 90.6 Å². The third-order valence-corrected chi connectivity index (χ3v) is 4.19. The lowest BCUT2D eigenvalue weighted by Gasteiger charge is -1.95. The fraction of sp³-hybridized carbons (Fsp3) is 0. The van der Waals surface area contributed by atoms with Crippen LogP contribution in [0.15, 0.2) is 18.2 Å². The second-order valence-electron chi connectivity index (χ2n) is 1.83. The molecular weight excluding hydrogens is 372 g/mol. The first-order chi connectivity index (χ1) is 5.13. The van der Waals surface area contributed by atoms with Gasteiger partial charge in [0.2, 0.25) is 0 Å². The summed E-state index contributed by atoms with van der Waals surface area (Å²) < 4.78 is 1.62. The van der Waals surface area contributed by atoms with E-state index in [-0.39, 0.29) is 10.6 Å². The van der Waals surface area contributed by atoms with E-state index >= 15 is 0 Å². The zero-order chi connectivity index (χ0) is 8.43. The van der Waals surface area contributed by atoms with E-state index in [0.717, 1.165) is 3.57 Å². The van der Waals surface area contributed by atoms with Gasteiger partial charge in [0.05, 0.1) is 4.92 Å². The smallest absolute Gasteiger partial charge is 0.258 e. The highest BCUT2D eigenvalue weighted by molar-refractivity contribution is 14.1. The van der Waals surface area contributed by atoms with Crippen molar-refractivity contribution in [3.63, 3.8) is 0 Å². The molecule has 0 aliphatic heterocycles. The number of nitrogens with zero attached hydrogens (tertiary/aromatic N) is 1. The zero-order valence-electron chi connectivity index (χ0n) is 5.25. The second kappa shape index (κ2) is 3.65. The fourth-order valence-electron chi connectivity index (χ4n) is 0.633. The molecule has 0 fully saturated rings. The van der Waals surface area contributed by atoms with Gasteiger partial charge in [-0.1, -0.05) is 6.07 Å². The quantitative estimate of drug-likeness (QED) is 0.431. The summed E-state index contributed by atoms with van der Waals surface area (Å²) in [7, 11) is 0. The van der Waals surface area contributed by atoms with Gasteiger partial charge in [0, 0.05) is 9.64 Å². The number of benzene rings is 1. The van der Waals surface area contributed by atoms with E-state index in [2.05, 4.69) is 22.6 Å². The summed E-state index contributed by atoms with van der Waals surface area (Å²) in [6.45, 7) is 0. The molecule has 0 radical (unpaired) electrons. The van der Waals surface area contributed by atoms with Gasteiger partial charge in [-0.2, -0.15) is 0 Å². The van der Waals surface area contributed by atoms with Gasteiger partial charge in [0.1, 0.15) is 3.57 Å². The van der Waals surface area contributed by atoms with Crippen LogP contribution >= 0.6 is 45.2 Å². The Bertz CT molecular complexity index is 301. The third kappa shape index (κ3) is 2.01. The molecule has 1 rings (SSSR count). The van der Waals surface area contributed by atoms with Crippen molar-refractivity contribution in [1.29, 1.82) is 0 Å². The molecule has 0 aromatic heterocycles. The average molecular weight is 375 g/mol. The zero-order valence-corrected chi connectivity index (χ0v) is 9.57. The highest BCUT2D eigenvalue weighted by Crippen LogP contribution is 2.24. The molecule has 0 bridgehead atoms. The van der Waals surface area contributed by atoms with Gasteiger partial charge in [-0.05, 0) is 51.2 Å². The number of halogens is 2. The lowest BCUT2D eigenvalue weighted by Crippen LogP contribution is -1.92. The van der Waals surface area contributed by atoms with Crippen LogP contribution in [0, 0.1) is 17.3 Å². The number of hydrogen-bond donors (Lipinski definition) is 0. The minimum atomic E-state index is -0.371. The minimum absolute atomic E-state index is 0.178. The normalized spacial score (nSPS) is 9.64. The SMILES string of the molecule is O=[N+]([O-])c1cccc(I)c1I. The summed E-state index contributed by atoms with van der Waals surface area (Å²) in [6.07, 6.45) is 0. The Morgan fingerprint density at radius 3 is 2.45 bits per heavy atom. The fourth-order valence-corrected chi connectivity index (χ4v) is 1.67. The molecule has 0 amide bonds. The van der Waals surface area contributed by atoms with Crippen molar-refractivity contribution < 1.29 is 4.92 Å². The Hall–Kier alpha value is 0.0800. The van der Waals surface area contributed by atoms with Gasteiger partial charge in [-0.3, -0.25) is 10.1 Å². The van der Waals surface area contributed by atoms with Crippen LogP contribution in [0.5, 0.6) is 0 Å². The molecule has 0 unspecified atom stereocenters. The molecule has 0 N–H and O–H groups in total. The van der Waals surface area contributed by atoms with Crippen molar-refractivity contribution in [3.05, 3.63) is 35.5 Å². The third-order valence-electron chi connectivity index (χ3n) is 1.13. The van der Waals surface area contributed by atoms with E-state index in [0.29, 0.717) is 3.57 Å². The molecule has 0 aliphatic carbocycles. The van der Waals surface area contributed by atoms with Crippen LogP contribution < -0.4 is 0 Å². The molecule has 3 nitrogen and oxygen atoms in total. The second-order valence-corrected chi connectivity index (χ2v) is 4.07. The lowest BCUT2D eigenvalue weighted by molar-refractivity contribution is -0.385. The monoisotopic (exact) mass is 375 g/mol. The molecule has 0 saturated heterocycles. The number of nitro groups is 1. The topological polar surface area (TPSA) is 43.1 Å². The molecule has 58 valence electrons. The molecule has 1 aromatic rings. The van der Waals surface area contributed by atoms with Gasteiger partial charge >= 0.3 is 0 Å². The highest BCUT2D eigenvalue weighted by atomic mass is 127. The van der Waals surface area contributed by atoms with Crippen LogP contribution in [0.3, 0.4) is 0 Å². The van der Waals surface area contributed by atoms with Crippen molar-refractivity contribution in [3.8, 4) is 0 Å². The summed E-state index contributed by atoms with van der Waals surface area (Å²) in [5.74, 6) is 0. The predicted molar refractivity (Wildman–Crippen MR) is 58.5 cm³/mol. The van der Waals surface area contributed by atoms with Crippen LogP contribution in [-0.4, -0.2) is 4.92 Å². The maximum Gasteiger partial charge on any atom is 0.283 e. The molecular formula is C6H3I2NO2. The Kier molecular flexibility index (Phi) is 3.05. The molecule has 0 heterocycles. The van der Waals surface area contributed by atoms with Crippen molar-refractivity contribution in [2.75, 3.05) is 0 Å². The largest absolute Gasteiger partial charge is 0.283 e. The first kappa shape index (κ1) is 9.17. The molecule has 0 saturated carbocycles. The van der Waals surface area contributed by atoms with E-state index in [1.807, 2.05) is 28.7 Å². The minimum Gasteiger partial charge on any atom is -0.258 e. The van der Waals surface area contributed by atoms with E-state index in [1.54, 1.807) is 6.07 Å². The summed E-state index contributed by atoms with van der Waals surface area (Å²) in [4.78, 5) is 10.0. The van der Waals surface area contributed by atoms with Crippen molar-refractivity contribution in [1.82, 2.24) is 0 Å². The Morgan fingerprint density at radius 1 is 1.36 bits per heavy atom. The number of hydrogen-bond acceptors (Lipinski definition) is 2. The molecule has 0 aliphatic rings. The molecule has 11 heavy (non-hydrogen) atoms. The van der Waals surface area contributed by atoms with Crippen LogP contribution in [-0.2, 0) is 0 Å². The summed E-state index contributed by atoms with van der Waals surface area (Å²) >= 11 is 4.04. The van der Waals surface area contributed by atoms with Gasteiger partial charge in [-0.25, -0.2) is 0 Å². The maximum absolute atomic E-state index is 10.4. The maximum atomic E-state index is 10.4. The highest BCUT2D eigenvalue weighted by Gasteiger charge is 2.12. The van der Waals surface area contributed by atoms with Crippen molar-refractivity contribution >= 4 is 50.9 Å². The van der Waals surface area contributed by atoms with Crippen molar-refractivity contribution in [2.24, 2.45) is 0 Å². The molecule has 5 heteroatoms. The van der Waals surface area contributed by atoms with Gasteiger partial charge in [0.25, 0.3) is 5.69 Å². The number of nitro benzene ring substituents is 1. The van der Waals surface area contributed by atoms with Crippen LogP contribution in [0.1, 0.15) is 0 Å². The lowest BCUT2D eigenvalue weighted by atomic mass is 10.3. The van der Waals surface area contributed by atoms with Gasteiger partial charge < -0.3 is 0 Å². The van der Waals surface area contributed by atoms with Gasteiger partial charge in [-0.15, -0.1) is 0 Å². The van der Waals surface area contributed by atoms with Crippen LogP contribution in [0.25, 0.3) is 0 Å². The average Bonchev–Trinajstić information content (AvgIpc) is 1.94. The Morgan fingerprint density at radius 2 is 2.00 bits per heavy atom. The van der Waals surface area contributed by atoms with E-state index in [1.165, 1.54) is 6.07 Å². The molecule has 1 aromatic carbocycles. The predicted octanol–water partition coefficient (Wildman–Crippen LogP) is 2.80.